The van der Waals surface area contributed by atoms with Crippen LogP contribution in [0.25, 0.3) is 5.69 Å². The average molecular weight is 376 g/mol. The minimum atomic E-state index is -0.105. The number of amides is 2. The number of nitrogens with zero attached hydrogens (tertiary/aromatic N) is 3. The summed E-state index contributed by atoms with van der Waals surface area (Å²) in [5.41, 5.74) is 5.17. The number of anilines is 2. The fraction of sp³-hybridized carbons (Fsp3) is 0.227. The lowest BCUT2D eigenvalue weighted by atomic mass is 10.1. The molecule has 0 saturated heterocycles. The van der Waals surface area contributed by atoms with Crippen LogP contribution in [0.5, 0.6) is 0 Å². The molecule has 0 aliphatic heterocycles. The maximum atomic E-state index is 12.5. The first-order valence-electron chi connectivity index (χ1n) is 9.11. The summed E-state index contributed by atoms with van der Waals surface area (Å²) in [4.78, 5) is 25.5. The number of nitrogens with one attached hydrogen (secondary N) is 1. The molecule has 1 N–H and O–H groups in total. The van der Waals surface area contributed by atoms with Crippen molar-refractivity contribution in [1.29, 1.82) is 0 Å². The summed E-state index contributed by atoms with van der Waals surface area (Å²) < 4.78 is 1.87. The molecular weight excluding hydrogens is 352 g/mol. The number of carbonyl (C=O) groups excluding carboxylic acids is 2. The second kappa shape index (κ2) is 8.08. The van der Waals surface area contributed by atoms with Crippen LogP contribution in [-0.4, -0.2) is 28.6 Å². The molecule has 1 aromatic heterocycles. The van der Waals surface area contributed by atoms with Crippen molar-refractivity contribution in [3.63, 3.8) is 0 Å². The Bertz CT molecular complexity index is 991. The Morgan fingerprint density at radius 2 is 1.68 bits per heavy atom. The van der Waals surface area contributed by atoms with Crippen LogP contribution in [0.2, 0.25) is 0 Å². The van der Waals surface area contributed by atoms with E-state index in [-0.39, 0.29) is 18.2 Å². The predicted molar refractivity (Wildman–Crippen MR) is 111 cm³/mol. The quantitative estimate of drug-likeness (QED) is 0.739. The van der Waals surface area contributed by atoms with Gasteiger partial charge in [-0.1, -0.05) is 18.2 Å². The largest absolute Gasteiger partial charge is 0.326 e. The van der Waals surface area contributed by atoms with E-state index in [2.05, 4.69) is 10.4 Å². The van der Waals surface area contributed by atoms with Crippen LogP contribution in [0, 0.1) is 13.8 Å². The van der Waals surface area contributed by atoms with E-state index in [4.69, 9.17) is 0 Å². The summed E-state index contributed by atoms with van der Waals surface area (Å²) in [5.74, 6) is -0.148. The molecular formula is C22H24N4O2. The zero-order valence-corrected chi connectivity index (χ0v) is 16.6. The van der Waals surface area contributed by atoms with Crippen molar-refractivity contribution in [3.8, 4) is 5.69 Å². The Morgan fingerprint density at radius 1 is 1.04 bits per heavy atom. The first kappa shape index (κ1) is 19.4. The van der Waals surface area contributed by atoms with Crippen LogP contribution in [0.4, 0.5) is 11.4 Å². The fourth-order valence-corrected chi connectivity index (χ4v) is 3.07. The first-order valence-corrected chi connectivity index (χ1v) is 9.11. The van der Waals surface area contributed by atoms with Crippen LogP contribution in [0.15, 0.2) is 54.6 Å². The standard InChI is InChI=1S/C22H24N4O2/c1-15-21(16(2)26(24-15)20-8-6-5-7-9-20)14-22(28)23-18-10-12-19(13-11-18)25(4)17(3)27/h5-13H,14H2,1-4H3,(H,23,28). The molecule has 0 saturated carbocycles. The van der Waals surface area contributed by atoms with Crippen LogP contribution in [0.3, 0.4) is 0 Å². The van der Waals surface area contributed by atoms with Gasteiger partial charge in [0.2, 0.25) is 11.8 Å². The molecule has 2 aromatic carbocycles. The Kier molecular flexibility index (Phi) is 5.59. The van der Waals surface area contributed by atoms with Crippen LogP contribution < -0.4 is 10.2 Å². The second-order valence-electron chi connectivity index (χ2n) is 6.75. The lowest BCUT2D eigenvalue weighted by Gasteiger charge is -2.15. The molecule has 0 aliphatic carbocycles. The number of hydrogen-bond donors (Lipinski definition) is 1. The van der Waals surface area contributed by atoms with Gasteiger partial charge in [0.05, 0.1) is 17.8 Å². The van der Waals surface area contributed by atoms with Gasteiger partial charge in [0.25, 0.3) is 0 Å². The van der Waals surface area contributed by atoms with Crippen molar-refractivity contribution >= 4 is 23.2 Å². The molecule has 0 bridgehead atoms. The van der Waals surface area contributed by atoms with Crippen molar-refractivity contribution in [3.05, 3.63) is 71.5 Å². The minimum absolute atomic E-state index is 0.0434. The number of para-hydroxylation sites is 1. The molecule has 1 heterocycles. The Labute approximate surface area is 164 Å². The van der Waals surface area contributed by atoms with Gasteiger partial charge in [0, 0.05) is 36.6 Å². The molecule has 6 nitrogen and oxygen atoms in total. The van der Waals surface area contributed by atoms with Gasteiger partial charge in [0.1, 0.15) is 0 Å². The number of rotatable bonds is 5. The van der Waals surface area contributed by atoms with Crippen molar-refractivity contribution in [2.75, 3.05) is 17.3 Å². The van der Waals surface area contributed by atoms with Gasteiger partial charge in [-0.3, -0.25) is 9.59 Å². The fourth-order valence-electron chi connectivity index (χ4n) is 3.07. The highest BCUT2D eigenvalue weighted by molar-refractivity contribution is 5.94. The van der Waals surface area contributed by atoms with Gasteiger partial charge in [-0.15, -0.1) is 0 Å². The summed E-state index contributed by atoms with van der Waals surface area (Å²) in [7, 11) is 1.71. The Morgan fingerprint density at radius 3 is 2.29 bits per heavy atom. The number of aromatic nitrogens is 2. The summed E-state index contributed by atoms with van der Waals surface area (Å²) >= 11 is 0. The van der Waals surface area contributed by atoms with E-state index in [1.165, 1.54) is 6.92 Å². The highest BCUT2D eigenvalue weighted by Gasteiger charge is 2.16. The second-order valence-corrected chi connectivity index (χ2v) is 6.75. The first-order chi connectivity index (χ1) is 13.4. The van der Waals surface area contributed by atoms with Crippen molar-refractivity contribution < 1.29 is 9.59 Å². The van der Waals surface area contributed by atoms with E-state index in [1.54, 1.807) is 36.2 Å². The van der Waals surface area contributed by atoms with Gasteiger partial charge < -0.3 is 10.2 Å². The highest BCUT2D eigenvalue weighted by atomic mass is 16.2. The molecule has 144 valence electrons. The predicted octanol–water partition coefficient (Wildman–Crippen LogP) is 3.65. The van der Waals surface area contributed by atoms with Crippen molar-refractivity contribution in [2.24, 2.45) is 0 Å². The number of carbonyl (C=O) groups is 2. The highest BCUT2D eigenvalue weighted by Crippen LogP contribution is 2.20. The lowest BCUT2D eigenvalue weighted by Crippen LogP contribution is -2.22. The number of benzene rings is 2. The molecule has 0 atom stereocenters. The Hall–Kier alpha value is -3.41. The van der Waals surface area contributed by atoms with E-state index in [9.17, 15) is 9.59 Å². The van der Waals surface area contributed by atoms with E-state index in [1.807, 2.05) is 48.9 Å². The third-order valence-electron chi connectivity index (χ3n) is 4.79. The summed E-state index contributed by atoms with van der Waals surface area (Å²) in [6, 6.07) is 17.1. The molecule has 0 unspecified atom stereocenters. The van der Waals surface area contributed by atoms with Gasteiger partial charge in [-0.2, -0.15) is 5.10 Å². The molecule has 3 rings (SSSR count). The third kappa shape index (κ3) is 4.11. The SMILES string of the molecule is CC(=O)N(C)c1ccc(NC(=O)Cc2c(C)nn(-c3ccccc3)c2C)cc1. The third-order valence-corrected chi connectivity index (χ3v) is 4.79. The van der Waals surface area contributed by atoms with Crippen LogP contribution in [0.1, 0.15) is 23.9 Å². The minimum Gasteiger partial charge on any atom is -0.326 e. The maximum absolute atomic E-state index is 12.5. The number of aryl methyl sites for hydroxylation is 1. The monoisotopic (exact) mass is 376 g/mol. The van der Waals surface area contributed by atoms with Gasteiger partial charge in [-0.25, -0.2) is 4.68 Å². The van der Waals surface area contributed by atoms with Crippen LogP contribution in [-0.2, 0) is 16.0 Å². The van der Waals surface area contributed by atoms with E-state index in [0.29, 0.717) is 5.69 Å². The summed E-state index contributed by atoms with van der Waals surface area (Å²) in [6.07, 6.45) is 0.250. The zero-order chi connectivity index (χ0) is 20.3. The smallest absolute Gasteiger partial charge is 0.228 e. The zero-order valence-electron chi connectivity index (χ0n) is 16.6. The van der Waals surface area contributed by atoms with E-state index in [0.717, 1.165) is 28.3 Å². The molecule has 6 heteroatoms. The molecule has 0 fully saturated rings. The molecule has 2 amide bonds. The van der Waals surface area contributed by atoms with E-state index < -0.39 is 0 Å². The van der Waals surface area contributed by atoms with Gasteiger partial charge in [-0.05, 0) is 50.2 Å². The Balaban J connectivity index is 1.72. The summed E-state index contributed by atoms with van der Waals surface area (Å²) in [6.45, 7) is 5.40. The lowest BCUT2D eigenvalue weighted by molar-refractivity contribution is -0.116. The van der Waals surface area contributed by atoms with Gasteiger partial charge >= 0.3 is 0 Å². The summed E-state index contributed by atoms with van der Waals surface area (Å²) in [5, 5.41) is 7.50. The maximum Gasteiger partial charge on any atom is 0.228 e. The average Bonchev–Trinajstić information content (AvgIpc) is 2.97. The van der Waals surface area contributed by atoms with E-state index >= 15 is 0 Å². The molecule has 0 aliphatic rings. The van der Waals surface area contributed by atoms with Crippen molar-refractivity contribution in [1.82, 2.24) is 9.78 Å². The topological polar surface area (TPSA) is 67.2 Å². The van der Waals surface area contributed by atoms with Crippen molar-refractivity contribution in [2.45, 2.75) is 27.2 Å². The van der Waals surface area contributed by atoms with Gasteiger partial charge in [0.15, 0.2) is 0 Å². The normalized spacial score (nSPS) is 10.6. The van der Waals surface area contributed by atoms with Crippen LogP contribution >= 0.6 is 0 Å². The molecule has 0 radical (unpaired) electrons. The molecule has 0 spiro atoms. The number of hydrogen-bond acceptors (Lipinski definition) is 3. The molecule has 28 heavy (non-hydrogen) atoms. The molecule has 3 aromatic rings.